The summed E-state index contributed by atoms with van der Waals surface area (Å²) in [5, 5.41) is 0. The van der Waals surface area contributed by atoms with Gasteiger partial charge >= 0.3 is 0 Å². The number of methoxy groups -OCH3 is 1. The summed E-state index contributed by atoms with van der Waals surface area (Å²) in [4.78, 5) is 12.3. The van der Waals surface area contributed by atoms with E-state index in [1.807, 2.05) is 12.3 Å². The topological polar surface area (TPSA) is 36.8 Å². The lowest BCUT2D eigenvalue weighted by molar-refractivity contribution is 0.0867. The molecule has 1 atom stereocenters. The van der Waals surface area contributed by atoms with Gasteiger partial charge in [0, 0.05) is 57.7 Å². The summed E-state index contributed by atoms with van der Waals surface area (Å²) in [5.41, 5.74) is 1.22. The second-order valence-corrected chi connectivity index (χ2v) is 7.86. The van der Waals surface area contributed by atoms with Crippen molar-refractivity contribution in [2.24, 2.45) is 0 Å². The summed E-state index contributed by atoms with van der Waals surface area (Å²) >= 11 is 0. The number of piperazine rings is 1. The van der Waals surface area contributed by atoms with Gasteiger partial charge in [-0.25, -0.2) is 4.98 Å². The molecule has 0 unspecified atom stereocenters. The van der Waals surface area contributed by atoms with Gasteiger partial charge in [0.05, 0.1) is 19.3 Å². The minimum Gasteiger partial charge on any atom is -0.495 e. The number of rotatable bonds is 6. The van der Waals surface area contributed by atoms with Crippen LogP contribution in [0.25, 0.3) is 0 Å². The third kappa shape index (κ3) is 4.18. The highest BCUT2D eigenvalue weighted by Gasteiger charge is 2.29. The molecule has 0 radical (unpaired) electrons. The van der Waals surface area contributed by atoms with Crippen LogP contribution in [-0.4, -0.2) is 71.8 Å². The van der Waals surface area contributed by atoms with Gasteiger partial charge in [-0.05, 0) is 38.4 Å². The van der Waals surface area contributed by atoms with E-state index in [-0.39, 0.29) is 0 Å². The quantitative estimate of drug-likeness (QED) is 0.767. The SMILES string of the molecule is CCn1ccnc1CN1CCC[C@@H](N2CCN(c3ccccc3OC)CC2)C1. The first-order valence-corrected chi connectivity index (χ1v) is 10.6. The molecule has 6 nitrogen and oxygen atoms in total. The highest BCUT2D eigenvalue weighted by atomic mass is 16.5. The molecule has 2 fully saturated rings. The van der Waals surface area contributed by atoms with Crippen LogP contribution in [0.2, 0.25) is 0 Å². The number of para-hydroxylation sites is 2. The summed E-state index contributed by atoms with van der Waals surface area (Å²) in [6.07, 6.45) is 6.61. The van der Waals surface area contributed by atoms with Crippen molar-refractivity contribution >= 4 is 5.69 Å². The van der Waals surface area contributed by atoms with Crippen LogP contribution < -0.4 is 9.64 Å². The second kappa shape index (κ2) is 8.97. The first-order chi connectivity index (χ1) is 13.8. The van der Waals surface area contributed by atoms with Crippen molar-refractivity contribution in [3.05, 3.63) is 42.5 Å². The largest absolute Gasteiger partial charge is 0.495 e. The molecular formula is C22H33N5O. The summed E-state index contributed by atoms with van der Waals surface area (Å²) in [7, 11) is 1.76. The van der Waals surface area contributed by atoms with Gasteiger partial charge < -0.3 is 14.2 Å². The molecule has 0 aliphatic carbocycles. The number of anilines is 1. The lowest BCUT2D eigenvalue weighted by Gasteiger charge is -2.44. The molecule has 0 N–H and O–H groups in total. The number of piperidine rings is 1. The van der Waals surface area contributed by atoms with Crippen molar-refractivity contribution in [1.82, 2.24) is 19.4 Å². The van der Waals surface area contributed by atoms with E-state index in [0.29, 0.717) is 6.04 Å². The molecule has 1 aromatic heterocycles. The monoisotopic (exact) mass is 383 g/mol. The Morgan fingerprint density at radius 2 is 1.93 bits per heavy atom. The number of hydrogen-bond acceptors (Lipinski definition) is 5. The zero-order valence-electron chi connectivity index (χ0n) is 17.3. The molecule has 4 rings (SSSR count). The normalized spacial score (nSPS) is 21.8. The van der Waals surface area contributed by atoms with E-state index in [0.717, 1.165) is 51.6 Å². The van der Waals surface area contributed by atoms with E-state index in [9.17, 15) is 0 Å². The molecule has 0 saturated carbocycles. The van der Waals surface area contributed by atoms with Crippen LogP contribution in [-0.2, 0) is 13.1 Å². The van der Waals surface area contributed by atoms with Gasteiger partial charge in [0.1, 0.15) is 11.6 Å². The number of aromatic nitrogens is 2. The van der Waals surface area contributed by atoms with Crippen molar-refractivity contribution in [2.45, 2.75) is 38.9 Å². The minimum absolute atomic E-state index is 0.665. The van der Waals surface area contributed by atoms with Gasteiger partial charge in [-0.3, -0.25) is 9.80 Å². The van der Waals surface area contributed by atoms with E-state index in [1.54, 1.807) is 7.11 Å². The fraction of sp³-hybridized carbons (Fsp3) is 0.591. The molecule has 28 heavy (non-hydrogen) atoms. The highest BCUT2D eigenvalue weighted by Crippen LogP contribution is 2.29. The first kappa shape index (κ1) is 19.3. The number of imidazole rings is 1. The average Bonchev–Trinajstić information content (AvgIpc) is 3.21. The molecule has 2 aliphatic rings. The summed E-state index contributed by atoms with van der Waals surface area (Å²) in [6, 6.07) is 9.04. The Hall–Kier alpha value is -2.05. The van der Waals surface area contributed by atoms with Gasteiger partial charge in [-0.2, -0.15) is 0 Å². The van der Waals surface area contributed by atoms with Crippen molar-refractivity contribution in [1.29, 1.82) is 0 Å². The van der Waals surface area contributed by atoms with Gasteiger partial charge in [0.2, 0.25) is 0 Å². The Labute approximate surface area is 168 Å². The van der Waals surface area contributed by atoms with Crippen LogP contribution in [0, 0.1) is 0 Å². The Kier molecular flexibility index (Phi) is 6.17. The molecule has 2 aromatic rings. The van der Waals surface area contributed by atoms with Crippen LogP contribution in [0.4, 0.5) is 5.69 Å². The van der Waals surface area contributed by atoms with Crippen molar-refractivity contribution in [3.8, 4) is 5.75 Å². The Bertz CT molecular complexity index is 753. The third-order valence-corrected chi connectivity index (χ3v) is 6.24. The molecule has 0 spiro atoms. The van der Waals surface area contributed by atoms with Crippen molar-refractivity contribution < 1.29 is 4.74 Å². The van der Waals surface area contributed by atoms with Gasteiger partial charge in [0.15, 0.2) is 0 Å². The second-order valence-electron chi connectivity index (χ2n) is 7.86. The van der Waals surface area contributed by atoms with Crippen LogP contribution in [0.15, 0.2) is 36.7 Å². The molecule has 1 aromatic carbocycles. The lowest BCUT2D eigenvalue weighted by atomic mass is 10.0. The van der Waals surface area contributed by atoms with E-state index < -0.39 is 0 Å². The Morgan fingerprint density at radius 1 is 1.11 bits per heavy atom. The molecule has 152 valence electrons. The molecule has 0 bridgehead atoms. The van der Waals surface area contributed by atoms with E-state index in [1.165, 1.54) is 30.9 Å². The maximum atomic E-state index is 5.55. The van der Waals surface area contributed by atoms with Crippen LogP contribution >= 0.6 is 0 Å². The number of ether oxygens (including phenoxy) is 1. The van der Waals surface area contributed by atoms with E-state index in [4.69, 9.17) is 4.74 Å². The molecule has 0 amide bonds. The van der Waals surface area contributed by atoms with Crippen molar-refractivity contribution in [2.75, 3.05) is 51.3 Å². The predicted molar refractivity (Wildman–Crippen MR) is 113 cm³/mol. The summed E-state index contributed by atoms with van der Waals surface area (Å²) in [6.45, 7) is 10.9. The number of benzene rings is 1. The Balaban J connectivity index is 1.33. The molecule has 3 heterocycles. The smallest absolute Gasteiger partial charge is 0.142 e. The van der Waals surface area contributed by atoms with Crippen LogP contribution in [0.3, 0.4) is 0 Å². The van der Waals surface area contributed by atoms with Gasteiger partial charge in [0.25, 0.3) is 0 Å². The maximum Gasteiger partial charge on any atom is 0.142 e. The number of likely N-dealkylation sites (tertiary alicyclic amines) is 1. The summed E-state index contributed by atoms with van der Waals surface area (Å²) in [5.74, 6) is 2.18. The number of hydrogen-bond donors (Lipinski definition) is 0. The van der Waals surface area contributed by atoms with Crippen LogP contribution in [0.5, 0.6) is 5.75 Å². The van der Waals surface area contributed by atoms with Crippen molar-refractivity contribution in [3.63, 3.8) is 0 Å². The average molecular weight is 384 g/mol. The number of aryl methyl sites for hydroxylation is 1. The lowest BCUT2D eigenvalue weighted by Crippen LogP contribution is -2.55. The van der Waals surface area contributed by atoms with Gasteiger partial charge in [-0.1, -0.05) is 12.1 Å². The third-order valence-electron chi connectivity index (χ3n) is 6.24. The predicted octanol–water partition coefficient (Wildman–Crippen LogP) is 2.70. The Morgan fingerprint density at radius 3 is 2.71 bits per heavy atom. The summed E-state index contributed by atoms with van der Waals surface area (Å²) < 4.78 is 7.81. The highest BCUT2D eigenvalue weighted by molar-refractivity contribution is 5.58. The zero-order valence-corrected chi connectivity index (χ0v) is 17.3. The fourth-order valence-corrected chi connectivity index (χ4v) is 4.67. The molecule has 2 saturated heterocycles. The standard InChI is InChI=1S/C22H33N5O/c1-3-25-12-10-23-22(25)18-24-11-6-7-19(17-24)26-13-15-27(16-14-26)20-8-4-5-9-21(20)28-2/h4-5,8-10,12,19H,3,6-7,11,13-18H2,1-2H3/t19-/m1/s1. The maximum absolute atomic E-state index is 5.55. The minimum atomic E-state index is 0.665. The number of nitrogens with zero attached hydrogens (tertiary/aromatic N) is 5. The molecule has 6 heteroatoms. The first-order valence-electron chi connectivity index (χ1n) is 10.6. The van der Waals surface area contributed by atoms with Gasteiger partial charge in [-0.15, -0.1) is 0 Å². The molecule has 2 aliphatic heterocycles. The van der Waals surface area contributed by atoms with E-state index >= 15 is 0 Å². The molecular weight excluding hydrogens is 350 g/mol. The zero-order chi connectivity index (χ0) is 19.3. The van der Waals surface area contributed by atoms with Crippen LogP contribution in [0.1, 0.15) is 25.6 Å². The fourth-order valence-electron chi connectivity index (χ4n) is 4.67. The van der Waals surface area contributed by atoms with E-state index in [2.05, 4.69) is 55.6 Å².